The zero-order valence-electron chi connectivity index (χ0n) is 13.9. The van der Waals surface area contributed by atoms with Gasteiger partial charge in [-0.15, -0.1) is 10.2 Å². The number of amides is 1. The maximum absolute atomic E-state index is 11.9. The summed E-state index contributed by atoms with van der Waals surface area (Å²) in [5, 5.41) is 13.8. The third-order valence-electron chi connectivity index (χ3n) is 3.15. The number of ether oxygens (including phenoxy) is 2. The number of hydrogen-bond acceptors (Lipinski definition) is 6. The molecule has 2 aromatic rings. The van der Waals surface area contributed by atoms with Crippen LogP contribution in [0.15, 0.2) is 36.4 Å². The molecule has 0 saturated heterocycles. The zero-order chi connectivity index (χ0) is 17.2. The summed E-state index contributed by atoms with van der Waals surface area (Å²) in [6.45, 7) is 3.72. The van der Waals surface area contributed by atoms with Crippen LogP contribution in [0.4, 0.5) is 11.5 Å². The Morgan fingerprint density at radius 1 is 1.12 bits per heavy atom. The van der Waals surface area contributed by atoms with E-state index in [2.05, 4.69) is 20.8 Å². The highest BCUT2D eigenvalue weighted by Gasteiger charge is 2.07. The van der Waals surface area contributed by atoms with Crippen molar-refractivity contribution in [2.45, 2.75) is 13.3 Å². The first-order valence-corrected chi connectivity index (χ1v) is 7.83. The van der Waals surface area contributed by atoms with Gasteiger partial charge in [-0.2, -0.15) is 0 Å². The Hall–Kier alpha value is -2.67. The number of carbonyl (C=O) groups excluding carboxylic acids is 1. The number of nitrogens with zero attached hydrogens (tertiary/aromatic N) is 2. The van der Waals surface area contributed by atoms with Crippen molar-refractivity contribution in [1.29, 1.82) is 0 Å². The lowest BCUT2D eigenvalue weighted by molar-refractivity contribution is 0.0942. The summed E-state index contributed by atoms with van der Waals surface area (Å²) in [7, 11) is 1.63. The number of carbonyl (C=O) groups is 1. The monoisotopic (exact) mass is 330 g/mol. The minimum Gasteiger partial charge on any atom is -0.494 e. The van der Waals surface area contributed by atoms with Gasteiger partial charge in [-0.1, -0.05) is 0 Å². The third kappa shape index (κ3) is 5.51. The van der Waals surface area contributed by atoms with Gasteiger partial charge in [-0.25, -0.2) is 0 Å². The minimum absolute atomic E-state index is 0.244. The summed E-state index contributed by atoms with van der Waals surface area (Å²) < 4.78 is 10.3. The predicted octanol–water partition coefficient (Wildman–Crippen LogP) is 2.39. The van der Waals surface area contributed by atoms with Gasteiger partial charge >= 0.3 is 0 Å². The summed E-state index contributed by atoms with van der Waals surface area (Å²) in [5.74, 6) is 1.14. The molecule has 128 valence electrons. The molecular formula is C17H22N4O3. The fourth-order valence-corrected chi connectivity index (χ4v) is 1.98. The number of nitrogens with one attached hydrogen (secondary N) is 2. The summed E-state index contributed by atoms with van der Waals surface area (Å²) in [5.41, 5.74) is 1.15. The van der Waals surface area contributed by atoms with Crippen LogP contribution >= 0.6 is 0 Å². The van der Waals surface area contributed by atoms with Crippen LogP contribution in [0.3, 0.4) is 0 Å². The summed E-state index contributed by atoms with van der Waals surface area (Å²) >= 11 is 0. The first kappa shape index (κ1) is 17.7. The van der Waals surface area contributed by atoms with Crippen LogP contribution in [0.5, 0.6) is 5.75 Å². The molecule has 0 fully saturated rings. The molecule has 7 heteroatoms. The van der Waals surface area contributed by atoms with Crippen molar-refractivity contribution in [3.63, 3.8) is 0 Å². The Morgan fingerprint density at radius 2 is 1.92 bits per heavy atom. The van der Waals surface area contributed by atoms with Crippen molar-refractivity contribution < 1.29 is 14.3 Å². The van der Waals surface area contributed by atoms with Crippen LogP contribution in [-0.4, -0.2) is 43.0 Å². The lowest BCUT2D eigenvalue weighted by Gasteiger charge is -2.08. The van der Waals surface area contributed by atoms with Crippen LogP contribution < -0.4 is 15.4 Å². The van der Waals surface area contributed by atoms with Crippen molar-refractivity contribution in [2.75, 3.05) is 32.2 Å². The maximum atomic E-state index is 11.9. The van der Waals surface area contributed by atoms with Gasteiger partial charge in [0.05, 0.1) is 6.61 Å². The van der Waals surface area contributed by atoms with E-state index in [1.165, 1.54) is 0 Å². The van der Waals surface area contributed by atoms with Crippen molar-refractivity contribution in [2.24, 2.45) is 0 Å². The topological polar surface area (TPSA) is 85.4 Å². The van der Waals surface area contributed by atoms with Gasteiger partial charge in [0.2, 0.25) is 0 Å². The van der Waals surface area contributed by atoms with E-state index in [0.29, 0.717) is 25.6 Å². The van der Waals surface area contributed by atoms with E-state index in [0.717, 1.165) is 17.9 Å². The standard InChI is InChI=1S/C17H22N4O3/c1-3-24-14-7-5-13(6-8-14)19-16-10-9-15(20-21-16)17(22)18-11-4-12-23-2/h5-10H,3-4,11-12H2,1-2H3,(H,18,22)(H,19,21). The first-order valence-electron chi connectivity index (χ1n) is 7.83. The Morgan fingerprint density at radius 3 is 2.54 bits per heavy atom. The molecule has 0 aliphatic carbocycles. The molecule has 1 amide bonds. The fourth-order valence-electron chi connectivity index (χ4n) is 1.98. The van der Waals surface area contributed by atoms with Gasteiger partial charge in [0, 0.05) is 25.9 Å². The maximum Gasteiger partial charge on any atom is 0.271 e. The quantitative estimate of drug-likeness (QED) is 0.687. The lowest BCUT2D eigenvalue weighted by Crippen LogP contribution is -2.26. The number of rotatable bonds is 9. The summed E-state index contributed by atoms with van der Waals surface area (Å²) in [4.78, 5) is 11.9. The first-order chi connectivity index (χ1) is 11.7. The highest BCUT2D eigenvalue weighted by molar-refractivity contribution is 5.92. The van der Waals surface area contributed by atoms with Crippen LogP contribution in [0, 0.1) is 0 Å². The second-order valence-corrected chi connectivity index (χ2v) is 4.99. The molecule has 1 heterocycles. The molecular weight excluding hydrogens is 308 g/mol. The molecule has 0 radical (unpaired) electrons. The molecule has 0 atom stereocenters. The van der Waals surface area contributed by atoms with Crippen LogP contribution in [-0.2, 0) is 4.74 Å². The van der Waals surface area contributed by atoms with Gasteiger partial charge in [-0.3, -0.25) is 4.79 Å². The summed E-state index contributed by atoms with van der Waals surface area (Å²) in [6, 6.07) is 10.9. The molecule has 2 N–H and O–H groups in total. The molecule has 24 heavy (non-hydrogen) atoms. The van der Waals surface area contributed by atoms with Crippen molar-refractivity contribution in [1.82, 2.24) is 15.5 Å². The highest BCUT2D eigenvalue weighted by Crippen LogP contribution is 2.18. The van der Waals surface area contributed by atoms with E-state index >= 15 is 0 Å². The van der Waals surface area contributed by atoms with E-state index in [4.69, 9.17) is 9.47 Å². The van der Waals surface area contributed by atoms with Gasteiger partial charge < -0.3 is 20.1 Å². The van der Waals surface area contributed by atoms with E-state index in [9.17, 15) is 4.79 Å². The van der Waals surface area contributed by atoms with Gasteiger partial charge in [0.15, 0.2) is 11.5 Å². The Kier molecular flexibility index (Phi) is 6.97. The zero-order valence-corrected chi connectivity index (χ0v) is 13.9. The van der Waals surface area contributed by atoms with Crippen molar-refractivity contribution in [3.05, 3.63) is 42.1 Å². The Labute approximate surface area is 141 Å². The van der Waals surface area contributed by atoms with Gasteiger partial charge in [-0.05, 0) is 49.7 Å². The lowest BCUT2D eigenvalue weighted by atomic mass is 10.3. The molecule has 2 rings (SSSR count). The third-order valence-corrected chi connectivity index (χ3v) is 3.15. The molecule has 0 unspecified atom stereocenters. The molecule has 0 spiro atoms. The average Bonchev–Trinajstić information content (AvgIpc) is 2.61. The molecule has 7 nitrogen and oxygen atoms in total. The van der Waals surface area contributed by atoms with Gasteiger partial charge in [0.25, 0.3) is 5.91 Å². The van der Waals surface area contributed by atoms with Gasteiger partial charge in [0.1, 0.15) is 5.75 Å². The van der Waals surface area contributed by atoms with E-state index in [1.54, 1.807) is 19.2 Å². The second-order valence-electron chi connectivity index (χ2n) is 4.99. The predicted molar refractivity (Wildman–Crippen MR) is 91.8 cm³/mol. The number of aromatic nitrogens is 2. The molecule has 1 aromatic heterocycles. The molecule has 1 aromatic carbocycles. The number of hydrogen-bond donors (Lipinski definition) is 2. The Balaban J connectivity index is 1.88. The largest absolute Gasteiger partial charge is 0.494 e. The number of benzene rings is 1. The molecule has 0 bridgehead atoms. The van der Waals surface area contributed by atoms with Crippen LogP contribution in [0.1, 0.15) is 23.8 Å². The second kappa shape index (κ2) is 9.46. The molecule has 0 aliphatic rings. The number of anilines is 2. The van der Waals surface area contributed by atoms with E-state index < -0.39 is 0 Å². The van der Waals surface area contributed by atoms with E-state index in [1.807, 2.05) is 31.2 Å². The fraction of sp³-hybridized carbons (Fsp3) is 0.353. The minimum atomic E-state index is -0.244. The SMILES string of the molecule is CCOc1ccc(Nc2ccc(C(=O)NCCCOC)nn2)cc1. The molecule has 0 aliphatic heterocycles. The normalized spacial score (nSPS) is 10.2. The van der Waals surface area contributed by atoms with Crippen LogP contribution in [0.25, 0.3) is 0 Å². The van der Waals surface area contributed by atoms with Crippen molar-refractivity contribution >= 4 is 17.4 Å². The van der Waals surface area contributed by atoms with E-state index in [-0.39, 0.29) is 11.6 Å². The highest BCUT2D eigenvalue weighted by atomic mass is 16.5. The average molecular weight is 330 g/mol. The molecule has 0 saturated carbocycles. The van der Waals surface area contributed by atoms with Crippen LogP contribution in [0.2, 0.25) is 0 Å². The van der Waals surface area contributed by atoms with Crippen molar-refractivity contribution in [3.8, 4) is 5.75 Å². The Bertz CT molecular complexity index is 629. The smallest absolute Gasteiger partial charge is 0.271 e. The summed E-state index contributed by atoms with van der Waals surface area (Å²) in [6.07, 6.45) is 0.757. The number of methoxy groups -OCH3 is 1.